The highest BCUT2D eigenvalue weighted by molar-refractivity contribution is 7.86. The number of likely N-dealkylation sites (tertiary alicyclic amines) is 1. The van der Waals surface area contributed by atoms with Crippen LogP contribution in [0.1, 0.15) is 26.3 Å². The van der Waals surface area contributed by atoms with Gasteiger partial charge in [-0.15, -0.1) is 0 Å². The van der Waals surface area contributed by atoms with E-state index >= 15 is 0 Å². The summed E-state index contributed by atoms with van der Waals surface area (Å²) in [4.78, 5) is 13.7. The number of amides is 1. The van der Waals surface area contributed by atoms with Gasteiger partial charge < -0.3 is 14.4 Å². The van der Waals surface area contributed by atoms with E-state index in [1.165, 1.54) is 24.1 Å². The molecule has 0 radical (unpaired) electrons. The second-order valence-corrected chi connectivity index (χ2v) is 8.63. The van der Waals surface area contributed by atoms with Crippen molar-refractivity contribution in [2.24, 2.45) is 0 Å². The molecule has 8 heteroatoms. The van der Waals surface area contributed by atoms with Crippen molar-refractivity contribution >= 4 is 16.2 Å². The lowest BCUT2D eigenvalue weighted by Gasteiger charge is -2.24. The minimum absolute atomic E-state index is 0.0728. The van der Waals surface area contributed by atoms with Crippen LogP contribution >= 0.6 is 0 Å². The van der Waals surface area contributed by atoms with Gasteiger partial charge in [0.1, 0.15) is 17.8 Å². The van der Waals surface area contributed by atoms with Gasteiger partial charge >= 0.3 is 6.09 Å². The van der Waals surface area contributed by atoms with E-state index in [1.54, 1.807) is 32.9 Å². The van der Waals surface area contributed by atoms with Crippen LogP contribution in [-0.4, -0.2) is 57.4 Å². The molecule has 1 heterocycles. The second-order valence-electron chi connectivity index (χ2n) is 7.06. The molecule has 1 aliphatic rings. The van der Waals surface area contributed by atoms with Gasteiger partial charge in [-0.3, -0.25) is 4.18 Å². The molecule has 0 unspecified atom stereocenters. The lowest BCUT2D eigenvalue weighted by molar-refractivity contribution is 0.0244. The summed E-state index contributed by atoms with van der Waals surface area (Å²) in [5, 5.41) is 0. The molecule has 1 aliphatic heterocycles. The zero-order valence-electron chi connectivity index (χ0n) is 15.2. The van der Waals surface area contributed by atoms with Gasteiger partial charge in [0.2, 0.25) is 0 Å². The zero-order valence-corrected chi connectivity index (χ0v) is 16.0. The van der Waals surface area contributed by atoms with Crippen molar-refractivity contribution in [2.45, 2.75) is 50.4 Å². The van der Waals surface area contributed by atoms with Gasteiger partial charge in [-0.25, -0.2) is 4.79 Å². The van der Waals surface area contributed by atoms with Crippen LogP contribution < -0.4 is 0 Å². The molecular weight excluding hydrogens is 346 g/mol. The molecule has 0 bridgehead atoms. The van der Waals surface area contributed by atoms with Crippen molar-refractivity contribution in [1.82, 2.24) is 4.90 Å². The minimum Gasteiger partial charge on any atom is -0.444 e. The fourth-order valence-electron chi connectivity index (χ4n) is 2.46. The Bertz CT molecular complexity index is 708. The van der Waals surface area contributed by atoms with Crippen LogP contribution in [0.4, 0.5) is 4.79 Å². The summed E-state index contributed by atoms with van der Waals surface area (Å²) in [6.45, 7) is 7.46. The SMILES string of the molecule is CO[C@H]1CN(C(=O)OC(C)(C)C)C[C@@H]1OS(=O)(=O)c1ccc(C)cc1. The van der Waals surface area contributed by atoms with Crippen molar-refractivity contribution in [3.05, 3.63) is 29.8 Å². The number of carbonyl (C=O) groups excluding carboxylic acids is 1. The Morgan fingerprint density at radius 2 is 1.68 bits per heavy atom. The van der Waals surface area contributed by atoms with Crippen LogP contribution in [-0.2, 0) is 23.8 Å². The Hall–Kier alpha value is -1.64. The third-order valence-corrected chi connectivity index (χ3v) is 5.08. The molecule has 0 aromatic heterocycles. The predicted molar refractivity (Wildman–Crippen MR) is 91.8 cm³/mol. The molecule has 140 valence electrons. The highest BCUT2D eigenvalue weighted by Crippen LogP contribution is 2.24. The molecule has 1 saturated heterocycles. The lowest BCUT2D eigenvalue weighted by Crippen LogP contribution is -2.36. The highest BCUT2D eigenvalue weighted by Gasteiger charge is 2.40. The molecule has 1 aromatic carbocycles. The Balaban J connectivity index is 2.10. The molecule has 1 fully saturated rings. The van der Waals surface area contributed by atoms with Crippen molar-refractivity contribution in [3.8, 4) is 0 Å². The van der Waals surface area contributed by atoms with Crippen LogP contribution in [0.5, 0.6) is 0 Å². The van der Waals surface area contributed by atoms with E-state index in [0.29, 0.717) is 0 Å². The Kier molecular flexibility index (Phi) is 5.75. The van der Waals surface area contributed by atoms with Crippen LogP contribution in [0.3, 0.4) is 0 Å². The summed E-state index contributed by atoms with van der Waals surface area (Å²) in [6.07, 6.45) is -1.86. The molecule has 1 aromatic rings. The fourth-order valence-corrected chi connectivity index (χ4v) is 3.55. The first-order valence-corrected chi connectivity index (χ1v) is 9.43. The standard InChI is InChI=1S/C17H25NO6S/c1-12-6-8-13(9-7-12)25(20,21)24-15-11-18(10-14(15)22-5)16(19)23-17(2,3)4/h6-9,14-15H,10-11H2,1-5H3/t14-,15-/m0/s1. The summed E-state index contributed by atoms with van der Waals surface area (Å²) < 4.78 is 40.9. The molecule has 0 spiro atoms. The van der Waals surface area contributed by atoms with Crippen LogP contribution in [0.25, 0.3) is 0 Å². The second kappa shape index (κ2) is 7.31. The first-order valence-electron chi connectivity index (χ1n) is 8.02. The normalized spacial score (nSPS) is 21.4. The van der Waals surface area contributed by atoms with Gasteiger partial charge in [-0.1, -0.05) is 17.7 Å². The Labute approximate surface area is 149 Å². The first kappa shape index (κ1) is 19.7. The monoisotopic (exact) mass is 371 g/mol. The molecule has 2 atom stereocenters. The van der Waals surface area contributed by atoms with Crippen LogP contribution in [0.15, 0.2) is 29.2 Å². The van der Waals surface area contributed by atoms with Crippen LogP contribution in [0, 0.1) is 6.92 Å². The zero-order chi connectivity index (χ0) is 18.8. The predicted octanol–water partition coefficient (Wildman–Crippen LogP) is 2.33. The van der Waals surface area contributed by atoms with Gasteiger partial charge in [-0.2, -0.15) is 8.42 Å². The molecule has 2 rings (SSSR count). The maximum Gasteiger partial charge on any atom is 0.410 e. The molecule has 0 N–H and O–H groups in total. The van der Waals surface area contributed by atoms with E-state index < -0.39 is 34.0 Å². The summed E-state index contributed by atoms with van der Waals surface area (Å²) in [5.74, 6) is 0. The van der Waals surface area contributed by atoms with Crippen molar-refractivity contribution in [3.63, 3.8) is 0 Å². The van der Waals surface area contributed by atoms with Crippen molar-refractivity contribution < 1.29 is 26.9 Å². The molecule has 1 amide bonds. The summed E-state index contributed by atoms with van der Waals surface area (Å²) in [5.41, 5.74) is 0.317. The van der Waals surface area contributed by atoms with Gasteiger partial charge in [-0.05, 0) is 39.8 Å². The maximum absolute atomic E-state index is 12.5. The molecule has 7 nitrogen and oxygen atoms in total. The molecule has 25 heavy (non-hydrogen) atoms. The van der Waals surface area contributed by atoms with E-state index in [9.17, 15) is 13.2 Å². The van der Waals surface area contributed by atoms with Gasteiger partial charge in [0, 0.05) is 7.11 Å². The number of nitrogens with zero attached hydrogens (tertiary/aromatic N) is 1. The topological polar surface area (TPSA) is 82.1 Å². The average molecular weight is 371 g/mol. The Morgan fingerprint density at radius 3 is 2.20 bits per heavy atom. The summed E-state index contributed by atoms with van der Waals surface area (Å²) in [7, 11) is -2.49. The molecule has 0 aliphatic carbocycles. The molecular formula is C17H25NO6S. The number of rotatable bonds is 4. The van der Waals surface area contributed by atoms with E-state index in [2.05, 4.69) is 0 Å². The number of hydrogen-bond acceptors (Lipinski definition) is 6. The van der Waals surface area contributed by atoms with Gasteiger partial charge in [0.15, 0.2) is 0 Å². The lowest BCUT2D eigenvalue weighted by atomic mass is 10.2. The number of methoxy groups -OCH3 is 1. The number of ether oxygens (including phenoxy) is 2. The van der Waals surface area contributed by atoms with Gasteiger partial charge in [0.05, 0.1) is 18.0 Å². The number of aryl methyl sites for hydroxylation is 1. The Morgan fingerprint density at radius 1 is 1.12 bits per heavy atom. The summed E-state index contributed by atoms with van der Waals surface area (Å²) in [6, 6.07) is 6.39. The smallest absolute Gasteiger partial charge is 0.410 e. The number of carbonyl (C=O) groups is 1. The minimum atomic E-state index is -3.95. The largest absolute Gasteiger partial charge is 0.444 e. The number of benzene rings is 1. The van der Waals surface area contributed by atoms with Crippen LogP contribution in [0.2, 0.25) is 0 Å². The third kappa shape index (κ3) is 5.17. The van der Waals surface area contributed by atoms with Crippen molar-refractivity contribution in [2.75, 3.05) is 20.2 Å². The summed E-state index contributed by atoms with van der Waals surface area (Å²) >= 11 is 0. The highest BCUT2D eigenvalue weighted by atomic mass is 32.2. The van der Waals surface area contributed by atoms with E-state index in [-0.39, 0.29) is 18.0 Å². The van der Waals surface area contributed by atoms with E-state index in [0.717, 1.165) is 5.56 Å². The fraction of sp³-hybridized carbons (Fsp3) is 0.588. The quantitative estimate of drug-likeness (QED) is 0.756. The number of hydrogen-bond donors (Lipinski definition) is 0. The third-order valence-electron chi connectivity index (χ3n) is 3.73. The van der Waals surface area contributed by atoms with E-state index in [4.69, 9.17) is 13.7 Å². The van der Waals surface area contributed by atoms with Gasteiger partial charge in [0.25, 0.3) is 10.1 Å². The molecule has 0 saturated carbocycles. The maximum atomic E-state index is 12.5. The average Bonchev–Trinajstić information content (AvgIpc) is 2.88. The van der Waals surface area contributed by atoms with E-state index in [1.807, 2.05) is 6.92 Å². The van der Waals surface area contributed by atoms with Crippen molar-refractivity contribution in [1.29, 1.82) is 0 Å². The first-order chi connectivity index (χ1) is 11.5.